The molecule has 0 bridgehead atoms. The van der Waals surface area contributed by atoms with Crippen molar-refractivity contribution in [2.45, 2.75) is 26.3 Å². The Balaban J connectivity index is 1.54. The van der Waals surface area contributed by atoms with E-state index in [4.69, 9.17) is 12.2 Å². The number of thiazole rings is 1. The van der Waals surface area contributed by atoms with E-state index >= 15 is 0 Å². The summed E-state index contributed by atoms with van der Waals surface area (Å²) in [6, 6.07) is 9.46. The van der Waals surface area contributed by atoms with Crippen LogP contribution in [0.3, 0.4) is 0 Å². The minimum absolute atomic E-state index is 0.119. The second-order valence-electron chi connectivity index (χ2n) is 6.50. The van der Waals surface area contributed by atoms with Gasteiger partial charge in [0.25, 0.3) is 0 Å². The molecule has 156 valence electrons. The van der Waals surface area contributed by atoms with Crippen molar-refractivity contribution < 1.29 is 9.59 Å². The first-order valence-electron chi connectivity index (χ1n) is 9.32. The van der Waals surface area contributed by atoms with E-state index in [1.54, 1.807) is 6.08 Å². The van der Waals surface area contributed by atoms with E-state index in [1.807, 2.05) is 41.8 Å². The highest BCUT2D eigenvalue weighted by Gasteiger charge is 2.17. The Morgan fingerprint density at radius 1 is 1.30 bits per heavy atom. The van der Waals surface area contributed by atoms with E-state index in [0.29, 0.717) is 22.3 Å². The Bertz CT molecular complexity index is 1100. The van der Waals surface area contributed by atoms with Gasteiger partial charge in [-0.05, 0) is 24.7 Å². The van der Waals surface area contributed by atoms with Gasteiger partial charge in [0.2, 0.25) is 11.8 Å². The van der Waals surface area contributed by atoms with Crippen molar-refractivity contribution in [2.24, 2.45) is 0 Å². The molecule has 1 aromatic carbocycles. The maximum absolute atomic E-state index is 12.2. The normalized spacial score (nSPS) is 10.6. The van der Waals surface area contributed by atoms with Crippen molar-refractivity contribution in [1.29, 1.82) is 0 Å². The maximum Gasteiger partial charge on any atom is 0.227 e. The van der Waals surface area contributed by atoms with Gasteiger partial charge in [0.1, 0.15) is 0 Å². The predicted molar refractivity (Wildman–Crippen MR) is 120 cm³/mol. The van der Waals surface area contributed by atoms with E-state index < -0.39 is 0 Å². The molecular weight excluding hydrogens is 420 g/mol. The molecule has 0 aliphatic heterocycles. The molecular formula is C20H22N6O2S2. The summed E-state index contributed by atoms with van der Waals surface area (Å²) in [5.41, 5.74) is 1.67. The third-order valence-electron chi connectivity index (χ3n) is 4.20. The monoisotopic (exact) mass is 442 g/mol. The first-order chi connectivity index (χ1) is 14.5. The third kappa shape index (κ3) is 5.49. The number of nitrogens with zero attached hydrogens (tertiary/aromatic N) is 3. The molecule has 0 aliphatic rings. The maximum atomic E-state index is 12.2. The molecule has 3 aromatic rings. The molecule has 0 radical (unpaired) electrons. The van der Waals surface area contributed by atoms with Gasteiger partial charge >= 0.3 is 0 Å². The van der Waals surface area contributed by atoms with Gasteiger partial charge in [-0.3, -0.25) is 19.3 Å². The van der Waals surface area contributed by atoms with Crippen molar-refractivity contribution in [1.82, 2.24) is 25.1 Å². The minimum atomic E-state index is -0.222. The van der Waals surface area contributed by atoms with Crippen LogP contribution >= 0.6 is 23.6 Å². The van der Waals surface area contributed by atoms with E-state index in [2.05, 4.69) is 32.4 Å². The van der Waals surface area contributed by atoms with Gasteiger partial charge in [-0.15, -0.1) is 6.58 Å². The highest BCUT2D eigenvalue weighted by Crippen LogP contribution is 2.31. The lowest BCUT2D eigenvalue weighted by Crippen LogP contribution is -2.28. The quantitative estimate of drug-likeness (QED) is 0.349. The molecule has 2 aromatic heterocycles. The molecule has 2 amide bonds. The molecule has 0 spiro atoms. The van der Waals surface area contributed by atoms with Gasteiger partial charge in [-0.1, -0.05) is 47.7 Å². The minimum Gasteiger partial charge on any atom is -0.355 e. The number of hydrogen-bond acceptors (Lipinski definition) is 6. The predicted octanol–water partition coefficient (Wildman–Crippen LogP) is 3.25. The number of amides is 2. The van der Waals surface area contributed by atoms with Gasteiger partial charge < -0.3 is 10.6 Å². The highest BCUT2D eigenvalue weighted by molar-refractivity contribution is 7.71. The van der Waals surface area contributed by atoms with Crippen molar-refractivity contribution in [3.05, 3.63) is 59.0 Å². The van der Waals surface area contributed by atoms with Crippen LogP contribution in [0.15, 0.2) is 43.0 Å². The smallest absolute Gasteiger partial charge is 0.227 e. The van der Waals surface area contributed by atoms with Crippen LogP contribution < -0.4 is 10.6 Å². The number of rotatable bonds is 9. The van der Waals surface area contributed by atoms with Gasteiger partial charge in [-0.2, -0.15) is 5.10 Å². The molecule has 0 saturated carbocycles. The highest BCUT2D eigenvalue weighted by atomic mass is 32.1. The number of carbonyl (C=O) groups excluding carboxylic acids is 2. The summed E-state index contributed by atoms with van der Waals surface area (Å²) in [6.45, 7) is 6.36. The fourth-order valence-corrected chi connectivity index (χ4v) is 3.98. The van der Waals surface area contributed by atoms with Gasteiger partial charge in [0.05, 0.1) is 17.0 Å². The number of H-pyrrole nitrogens is 1. The number of carbonyl (C=O) groups is 2. The summed E-state index contributed by atoms with van der Waals surface area (Å²) in [4.78, 5) is 29.4. The topological polar surface area (TPSA) is 105 Å². The molecule has 2 heterocycles. The van der Waals surface area contributed by atoms with Crippen LogP contribution in [0.4, 0.5) is 5.13 Å². The number of aryl methyl sites for hydroxylation is 1. The van der Waals surface area contributed by atoms with E-state index in [0.717, 1.165) is 16.1 Å². The number of aromatic amines is 1. The Hall–Kier alpha value is -3.11. The van der Waals surface area contributed by atoms with E-state index in [1.165, 1.54) is 11.3 Å². The average molecular weight is 443 g/mol. The molecule has 0 atom stereocenters. The summed E-state index contributed by atoms with van der Waals surface area (Å²) in [5, 5.41) is 13.1. The lowest BCUT2D eigenvalue weighted by molar-refractivity contribution is -0.120. The second-order valence-corrected chi connectivity index (χ2v) is 7.88. The number of aromatic nitrogens is 4. The molecule has 0 fully saturated rings. The Morgan fingerprint density at radius 3 is 2.80 bits per heavy atom. The number of anilines is 1. The summed E-state index contributed by atoms with van der Waals surface area (Å²) >= 11 is 6.57. The third-order valence-corrected chi connectivity index (χ3v) is 5.58. The van der Waals surface area contributed by atoms with Crippen molar-refractivity contribution in [3.8, 4) is 10.7 Å². The van der Waals surface area contributed by atoms with E-state index in [9.17, 15) is 9.59 Å². The lowest BCUT2D eigenvalue weighted by Gasteiger charge is -2.05. The Kier molecular flexibility index (Phi) is 7.26. The SMILES string of the molecule is C=CCn1c(-c2sc(NC(=O)CCNC(=O)Cc3ccccc3)nc2C)n[nH]c1=S. The van der Waals surface area contributed by atoms with Gasteiger partial charge in [0, 0.05) is 19.5 Å². The molecule has 8 nitrogen and oxygen atoms in total. The zero-order chi connectivity index (χ0) is 21.5. The average Bonchev–Trinajstić information content (AvgIpc) is 3.25. The van der Waals surface area contributed by atoms with Crippen LogP contribution in [0.1, 0.15) is 17.7 Å². The van der Waals surface area contributed by atoms with Crippen molar-refractivity contribution >= 4 is 40.5 Å². The zero-order valence-electron chi connectivity index (χ0n) is 16.5. The number of allylic oxidation sites excluding steroid dienone is 1. The Labute approximate surface area is 183 Å². The number of benzene rings is 1. The van der Waals surface area contributed by atoms with Crippen LogP contribution in [-0.2, 0) is 22.6 Å². The largest absolute Gasteiger partial charge is 0.355 e. The van der Waals surface area contributed by atoms with Gasteiger partial charge in [-0.25, -0.2) is 4.98 Å². The fraction of sp³-hybridized carbons (Fsp3) is 0.250. The molecule has 0 aliphatic carbocycles. The van der Waals surface area contributed by atoms with Crippen molar-refractivity contribution in [3.63, 3.8) is 0 Å². The second kappa shape index (κ2) is 10.1. The molecule has 0 unspecified atom stereocenters. The van der Waals surface area contributed by atoms with Crippen LogP contribution in [0, 0.1) is 11.7 Å². The molecule has 30 heavy (non-hydrogen) atoms. The molecule has 3 rings (SSSR count). The summed E-state index contributed by atoms with van der Waals surface area (Å²) < 4.78 is 2.31. The lowest BCUT2D eigenvalue weighted by atomic mass is 10.1. The standard InChI is InChI=1S/C20H22N6O2S2/c1-3-11-26-18(24-25-20(26)29)17-13(2)22-19(30-17)23-15(27)9-10-21-16(28)12-14-7-5-4-6-8-14/h3-8H,1,9-12H2,2H3,(H,21,28)(H,25,29)(H,22,23,27). The first kappa shape index (κ1) is 21.6. The molecule has 0 saturated heterocycles. The summed E-state index contributed by atoms with van der Waals surface area (Å²) in [6.07, 6.45) is 2.18. The van der Waals surface area contributed by atoms with E-state index in [-0.39, 0.29) is 31.2 Å². The van der Waals surface area contributed by atoms with Crippen LogP contribution in [0.5, 0.6) is 0 Å². The summed E-state index contributed by atoms with van der Waals surface area (Å²) in [7, 11) is 0. The molecule has 10 heteroatoms. The fourth-order valence-electron chi connectivity index (χ4n) is 2.79. The zero-order valence-corrected chi connectivity index (χ0v) is 18.1. The van der Waals surface area contributed by atoms with Crippen LogP contribution in [0.2, 0.25) is 0 Å². The van der Waals surface area contributed by atoms with Gasteiger partial charge in [0.15, 0.2) is 15.7 Å². The Morgan fingerprint density at radius 2 is 2.07 bits per heavy atom. The van der Waals surface area contributed by atoms with Crippen LogP contribution in [0.25, 0.3) is 10.7 Å². The number of hydrogen-bond donors (Lipinski definition) is 3. The van der Waals surface area contributed by atoms with Crippen LogP contribution in [-0.4, -0.2) is 38.1 Å². The number of nitrogens with one attached hydrogen (secondary N) is 3. The van der Waals surface area contributed by atoms with Crippen molar-refractivity contribution in [2.75, 3.05) is 11.9 Å². The summed E-state index contributed by atoms with van der Waals surface area (Å²) in [5.74, 6) is 0.315. The first-order valence-corrected chi connectivity index (χ1v) is 10.5. The molecule has 3 N–H and O–H groups in total.